The largest absolute Gasteiger partial charge is 0.384 e. The van der Waals surface area contributed by atoms with Crippen molar-refractivity contribution < 1.29 is 0 Å². The number of anilines is 1. The molecule has 2 aromatic carbocycles. The first-order chi connectivity index (χ1) is 9.33. The van der Waals surface area contributed by atoms with Crippen LogP contribution in [0.4, 0.5) is 5.69 Å². The van der Waals surface area contributed by atoms with Gasteiger partial charge in [0, 0.05) is 33.7 Å². The van der Waals surface area contributed by atoms with Crippen LogP contribution in [0.1, 0.15) is 5.56 Å². The summed E-state index contributed by atoms with van der Waals surface area (Å²) in [7, 11) is 0. The van der Waals surface area contributed by atoms with Gasteiger partial charge in [-0.1, -0.05) is 29.8 Å². The predicted octanol–water partition coefficient (Wildman–Crippen LogP) is 4.46. The highest BCUT2D eigenvalue weighted by molar-refractivity contribution is 6.31. The molecular formula is C16H13ClN2. The van der Waals surface area contributed by atoms with E-state index in [0.717, 1.165) is 23.7 Å². The molecule has 94 valence electrons. The maximum atomic E-state index is 6.09. The van der Waals surface area contributed by atoms with E-state index in [1.807, 2.05) is 12.1 Å². The third-order valence-corrected chi connectivity index (χ3v) is 3.99. The topological polar surface area (TPSA) is 27.8 Å². The van der Waals surface area contributed by atoms with Crippen LogP contribution in [0.5, 0.6) is 0 Å². The summed E-state index contributed by atoms with van der Waals surface area (Å²) in [5.41, 5.74) is 6.13. The number of aromatic nitrogens is 1. The van der Waals surface area contributed by atoms with E-state index in [2.05, 4.69) is 40.6 Å². The van der Waals surface area contributed by atoms with Gasteiger partial charge in [-0.15, -0.1) is 0 Å². The lowest BCUT2D eigenvalue weighted by molar-refractivity contribution is 1.05. The number of nitrogens with one attached hydrogen (secondary N) is 2. The molecular weight excluding hydrogens is 256 g/mol. The lowest BCUT2D eigenvalue weighted by atomic mass is 10.0. The molecule has 1 aliphatic heterocycles. The standard InChI is InChI=1S/C16H13ClN2/c17-10-5-6-13-15(9-10)18-8-7-12-11-3-1-2-4-14(11)19-16(12)13/h1-6,9,18-19H,7-8H2. The van der Waals surface area contributed by atoms with Gasteiger partial charge in [0.1, 0.15) is 0 Å². The second-order valence-electron chi connectivity index (χ2n) is 4.89. The Bertz CT molecular complexity index is 774. The minimum Gasteiger partial charge on any atom is -0.384 e. The van der Waals surface area contributed by atoms with Crippen LogP contribution in [0, 0.1) is 0 Å². The molecule has 0 unspecified atom stereocenters. The Morgan fingerprint density at radius 1 is 1.05 bits per heavy atom. The number of halogens is 1. The molecule has 1 aliphatic rings. The van der Waals surface area contributed by atoms with Gasteiger partial charge in [0.2, 0.25) is 0 Å². The van der Waals surface area contributed by atoms with E-state index in [1.54, 1.807) is 0 Å². The smallest absolute Gasteiger partial charge is 0.0518 e. The summed E-state index contributed by atoms with van der Waals surface area (Å²) in [4.78, 5) is 3.55. The molecule has 1 aromatic heterocycles. The molecule has 0 saturated heterocycles. The summed E-state index contributed by atoms with van der Waals surface area (Å²) in [6, 6.07) is 14.5. The van der Waals surface area contributed by atoms with Crippen molar-refractivity contribution in [2.45, 2.75) is 6.42 Å². The maximum Gasteiger partial charge on any atom is 0.0518 e. The molecule has 0 atom stereocenters. The zero-order valence-electron chi connectivity index (χ0n) is 10.3. The van der Waals surface area contributed by atoms with Crippen LogP contribution in [0.15, 0.2) is 42.5 Å². The van der Waals surface area contributed by atoms with Crippen molar-refractivity contribution in [2.24, 2.45) is 0 Å². The van der Waals surface area contributed by atoms with Crippen LogP contribution in [0.3, 0.4) is 0 Å². The van der Waals surface area contributed by atoms with Gasteiger partial charge in [-0.3, -0.25) is 0 Å². The first-order valence-electron chi connectivity index (χ1n) is 6.46. The third kappa shape index (κ3) is 1.64. The van der Waals surface area contributed by atoms with Crippen LogP contribution in [-0.4, -0.2) is 11.5 Å². The number of fused-ring (bicyclic) bond motifs is 5. The second-order valence-corrected chi connectivity index (χ2v) is 5.33. The van der Waals surface area contributed by atoms with Crippen LogP contribution in [0.25, 0.3) is 22.2 Å². The van der Waals surface area contributed by atoms with Gasteiger partial charge in [-0.25, -0.2) is 0 Å². The van der Waals surface area contributed by atoms with Crippen LogP contribution < -0.4 is 5.32 Å². The number of hydrogen-bond acceptors (Lipinski definition) is 1. The van der Waals surface area contributed by atoms with Gasteiger partial charge in [0.15, 0.2) is 0 Å². The summed E-state index contributed by atoms with van der Waals surface area (Å²) >= 11 is 6.09. The predicted molar refractivity (Wildman–Crippen MR) is 80.9 cm³/mol. The van der Waals surface area contributed by atoms with Gasteiger partial charge >= 0.3 is 0 Å². The van der Waals surface area contributed by atoms with Crippen molar-refractivity contribution in [3.8, 4) is 11.3 Å². The van der Waals surface area contributed by atoms with E-state index >= 15 is 0 Å². The van der Waals surface area contributed by atoms with Gasteiger partial charge in [0.05, 0.1) is 5.69 Å². The van der Waals surface area contributed by atoms with E-state index < -0.39 is 0 Å². The Kier molecular flexibility index (Phi) is 2.32. The van der Waals surface area contributed by atoms with Crippen LogP contribution >= 0.6 is 11.6 Å². The molecule has 0 radical (unpaired) electrons. The highest BCUT2D eigenvalue weighted by Crippen LogP contribution is 2.37. The van der Waals surface area contributed by atoms with E-state index in [9.17, 15) is 0 Å². The van der Waals surface area contributed by atoms with Crippen molar-refractivity contribution in [3.05, 3.63) is 53.1 Å². The number of rotatable bonds is 0. The van der Waals surface area contributed by atoms with Crippen molar-refractivity contribution in [1.29, 1.82) is 0 Å². The molecule has 3 aromatic rings. The number of hydrogen-bond donors (Lipinski definition) is 2. The maximum absolute atomic E-state index is 6.09. The number of H-pyrrole nitrogens is 1. The Hall–Kier alpha value is -1.93. The molecule has 0 aliphatic carbocycles. The molecule has 3 heteroatoms. The quantitative estimate of drug-likeness (QED) is 0.619. The fourth-order valence-corrected chi connectivity index (χ4v) is 3.06. The summed E-state index contributed by atoms with van der Waals surface area (Å²) < 4.78 is 0. The minimum absolute atomic E-state index is 0.769. The molecule has 0 bridgehead atoms. The average Bonchev–Trinajstić information content (AvgIpc) is 2.69. The van der Waals surface area contributed by atoms with E-state index in [4.69, 9.17) is 11.6 Å². The summed E-state index contributed by atoms with van der Waals surface area (Å²) in [6.07, 6.45) is 1.02. The van der Waals surface area contributed by atoms with E-state index in [1.165, 1.54) is 27.7 Å². The van der Waals surface area contributed by atoms with Crippen molar-refractivity contribution in [2.75, 3.05) is 11.9 Å². The number of benzene rings is 2. The van der Waals surface area contributed by atoms with Gasteiger partial charge in [-0.05, 0) is 36.2 Å². The molecule has 0 saturated carbocycles. The van der Waals surface area contributed by atoms with Crippen molar-refractivity contribution in [3.63, 3.8) is 0 Å². The SMILES string of the molecule is Clc1ccc2c(c1)NCCc1c-2[nH]c2ccccc12. The molecule has 19 heavy (non-hydrogen) atoms. The lowest BCUT2D eigenvalue weighted by Gasteiger charge is -2.07. The summed E-state index contributed by atoms with van der Waals surface area (Å²) in [5.74, 6) is 0. The molecule has 0 amide bonds. The zero-order valence-corrected chi connectivity index (χ0v) is 11.1. The van der Waals surface area contributed by atoms with Gasteiger partial charge in [0.25, 0.3) is 0 Å². The summed E-state index contributed by atoms with van der Waals surface area (Å²) in [5, 5.41) is 5.55. The van der Waals surface area contributed by atoms with Crippen molar-refractivity contribution in [1.82, 2.24) is 4.98 Å². The second kappa shape index (κ2) is 4.04. The first kappa shape index (κ1) is 10.9. The fraction of sp³-hybridized carbons (Fsp3) is 0.125. The normalized spacial score (nSPS) is 13.5. The molecule has 4 rings (SSSR count). The highest BCUT2D eigenvalue weighted by atomic mass is 35.5. The Morgan fingerprint density at radius 3 is 2.89 bits per heavy atom. The monoisotopic (exact) mass is 268 g/mol. The van der Waals surface area contributed by atoms with E-state index in [-0.39, 0.29) is 0 Å². The third-order valence-electron chi connectivity index (χ3n) is 3.76. The molecule has 0 fully saturated rings. The highest BCUT2D eigenvalue weighted by Gasteiger charge is 2.18. The molecule has 0 spiro atoms. The van der Waals surface area contributed by atoms with Crippen LogP contribution in [0.2, 0.25) is 5.02 Å². The molecule has 2 N–H and O–H groups in total. The Morgan fingerprint density at radius 2 is 1.95 bits per heavy atom. The molecule has 2 heterocycles. The Balaban J connectivity index is 2.06. The number of para-hydroxylation sites is 1. The molecule has 2 nitrogen and oxygen atoms in total. The van der Waals surface area contributed by atoms with E-state index in [0.29, 0.717) is 0 Å². The fourth-order valence-electron chi connectivity index (χ4n) is 2.89. The Labute approximate surface area is 116 Å². The van der Waals surface area contributed by atoms with Gasteiger partial charge in [-0.2, -0.15) is 0 Å². The summed E-state index contributed by atoms with van der Waals surface area (Å²) in [6.45, 7) is 0.933. The zero-order chi connectivity index (χ0) is 12.8. The number of aromatic amines is 1. The first-order valence-corrected chi connectivity index (χ1v) is 6.84. The van der Waals surface area contributed by atoms with Crippen molar-refractivity contribution >= 4 is 28.2 Å². The average molecular weight is 269 g/mol. The van der Waals surface area contributed by atoms with Crippen LogP contribution in [-0.2, 0) is 6.42 Å². The lowest BCUT2D eigenvalue weighted by Crippen LogP contribution is -2.02. The van der Waals surface area contributed by atoms with Gasteiger partial charge < -0.3 is 10.3 Å². The minimum atomic E-state index is 0.769.